The molecule has 1 aromatic heterocycles. The van der Waals surface area contributed by atoms with Crippen molar-refractivity contribution in [1.29, 1.82) is 0 Å². The monoisotopic (exact) mass is 276 g/mol. The van der Waals surface area contributed by atoms with E-state index in [0.29, 0.717) is 0 Å². The van der Waals surface area contributed by atoms with Crippen molar-refractivity contribution in [3.05, 3.63) is 48.0 Å². The van der Waals surface area contributed by atoms with Gasteiger partial charge in [-0.05, 0) is 24.8 Å². The molecule has 0 amide bonds. The highest BCUT2D eigenvalue weighted by atomic mass is 32.2. The molecule has 4 nitrogen and oxygen atoms in total. The van der Waals surface area contributed by atoms with Gasteiger partial charge in [-0.1, -0.05) is 18.2 Å². The van der Waals surface area contributed by atoms with Gasteiger partial charge in [-0.3, -0.25) is 11.3 Å². The Labute approximate surface area is 118 Å². The van der Waals surface area contributed by atoms with Crippen LogP contribution in [0, 0.1) is 0 Å². The number of imidazole rings is 1. The number of hydrogen-bond acceptors (Lipinski definition) is 4. The summed E-state index contributed by atoms with van der Waals surface area (Å²) in [5.41, 5.74) is 4.14. The summed E-state index contributed by atoms with van der Waals surface area (Å²) in [6.07, 6.45) is 6.71. The maximum Gasteiger partial charge on any atom is 0.110 e. The van der Waals surface area contributed by atoms with Crippen LogP contribution in [0.4, 0.5) is 0 Å². The van der Waals surface area contributed by atoms with E-state index in [2.05, 4.69) is 46.4 Å². The van der Waals surface area contributed by atoms with Gasteiger partial charge in [-0.2, -0.15) is 0 Å². The fourth-order valence-electron chi connectivity index (χ4n) is 2.21. The van der Waals surface area contributed by atoms with Gasteiger partial charge in [-0.25, -0.2) is 4.98 Å². The van der Waals surface area contributed by atoms with Crippen LogP contribution < -0.4 is 11.3 Å². The van der Waals surface area contributed by atoms with Crippen LogP contribution in [-0.2, 0) is 13.0 Å². The molecule has 0 fully saturated rings. The topological polar surface area (TPSA) is 55.9 Å². The van der Waals surface area contributed by atoms with Crippen molar-refractivity contribution in [2.75, 3.05) is 6.26 Å². The average Bonchev–Trinajstić information content (AvgIpc) is 2.92. The molecule has 0 saturated carbocycles. The Hall–Kier alpha value is -1.30. The van der Waals surface area contributed by atoms with E-state index in [0.717, 1.165) is 18.8 Å². The highest BCUT2D eigenvalue weighted by Gasteiger charge is 2.16. The Bertz CT molecular complexity index is 524. The minimum Gasteiger partial charge on any atom is -0.335 e. The van der Waals surface area contributed by atoms with E-state index < -0.39 is 0 Å². The molecular weight excluding hydrogens is 256 g/mol. The van der Waals surface area contributed by atoms with Crippen molar-refractivity contribution in [1.82, 2.24) is 15.0 Å². The number of aromatic nitrogens is 2. The summed E-state index contributed by atoms with van der Waals surface area (Å²) in [5, 5.41) is 0. The summed E-state index contributed by atoms with van der Waals surface area (Å²) in [4.78, 5) is 5.67. The van der Waals surface area contributed by atoms with Gasteiger partial charge in [0.2, 0.25) is 0 Å². The second-order valence-electron chi connectivity index (χ2n) is 4.29. The third kappa shape index (κ3) is 3.18. The van der Waals surface area contributed by atoms with Crippen LogP contribution in [-0.4, -0.2) is 15.8 Å². The van der Waals surface area contributed by atoms with Crippen LogP contribution in [0.2, 0.25) is 0 Å². The van der Waals surface area contributed by atoms with Crippen molar-refractivity contribution in [3.63, 3.8) is 0 Å². The molecule has 5 heteroatoms. The molecule has 0 aliphatic rings. The molecule has 1 heterocycles. The Morgan fingerprint density at radius 3 is 2.89 bits per heavy atom. The third-order valence-electron chi connectivity index (χ3n) is 3.24. The molecule has 3 N–H and O–H groups in total. The molecule has 0 spiro atoms. The number of nitrogens with two attached hydrogens (primary N) is 1. The van der Waals surface area contributed by atoms with E-state index in [1.54, 1.807) is 11.8 Å². The molecule has 2 rings (SSSR count). The zero-order chi connectivity index (χ0) is 13.7. The van der Waals surface area contributed by atoms with Crippen molar-refractivity contribution in [2.24, 2.45) is 5.84 Å². The molecule has 1 aromatic carbocycles. The van der Waals surface area contributed by atoms with E-state index in [1.807, 2.05) is 18.5 Å². The van der Waals surface area contributed by atoms with Gasteiger partial charge in [0.05, 0.1) is 6.04 Å². The smallest absolute Gasteiger partial charge is 0.110 e. The number of aryl methyl sites for hydroxylation is 1. The molecule has 0 radical (unpaired) electrons. The Morgan fingerprint density at radius 1 is 1.42 bits per heavy atom. The van der Waals surface area contributed by atoms with Crippen LogP contribution in [0.25, 0.3) is 0 Å². The Kier molecular flexibility index (Phi) is 5.01. The summed E-state index contributed by atoms with van der Waals surface area (Å²) < 4.78 is 2.14. The van der Waals surface area contributed by atoms with Crippen LogP contribution in [0.3, 0.4) is 0 Å². The molecule has 102 valence electrons. The normalized spacial score (nSPS) is 12.6. The van der Waals surface area contributed by atoms with Gasteiger partial charge in [0, 0.05) is 30.3 Å². The predicted molar refractivity (Wildman–Crippen MR) is 79.9 cm³/mol. The first-order chi connectivity index (χ1) is 9.30. The van der Waals surface area contributed by atoms with E-state index in [1.165, 1.54) is 10.5 Å². The Balaban J connectivity index is 2.25. The molecule has 0 aliphatic heterocycles. The first kappa shape index (κ1) is 14.1. The van der Waals surface area contributed by atoms with Crippen molar-refractivity contribution in [3.8, 4) is 0 Å². The Morgan fingerprint density at radius 2 is 2.21 bits per heavy atom. The van der Waals surface area contributed by atoms with Crippen molar-refractivity contribution >= 4 is 11.8 Å². The van der Waals surface area contributed by atoms with E-state index >= 15 is 0 Å². The summed E-state index contributed by atoms with van der Waals surface area (Å²) in [6, 6.07) is 8.42. The SMILES string of the molecule is CCn1ccnc1CC(NN)c1ccccc1SC. The maximum atomic E-state index is 5.74. The lowest BCUT2D eigenvalue weighted by Crippen LogP contribution is -2.30. The number of nitrogens with zero attached hydrogens (tertiary/aromatic N) is 2. The van der Waals surface area contributed by atoms with E-state index in [-0.39, 0.29) is 6.04 Å². The van der Waals surface area contributed by atoms with Gasteiger partial charge in [0.15, 0.2) is 0 Å². The van der Waals surface area contributed by atoms with Gasteiger partial charge in [0.1, 0.15) is 5.82 Å². The quantitative estimate of drug-likeness (QED) is 0.483. The fraction of sp³-hybridized carbons (Fsp3) is 0.357. The number of thioether (sulfide) groups is 1. The second kappa shape index (κ2) is 6.75. The number of hydrazine groups is 1. The zero-order valence-electron chi connectivity index (χ0n) is 11.3. The molecular formula is C14H20N4S. The predicted octanol–water partition coefficient (Wildman–Crippen LogP) is 2.37. The van der Waals surface area contributed by atoms with Gasteiger partial charge >= 0.3 is 0 Å². The van der Waals surface area contributed by atoms with E-state index in [9.17, 15) is 0 Å². The first-order valence-corrected chi connectivity index (χ1v) is 7.61. The number of nitrogens with one attached hydrogen (secondary N) is 1. The maximum absolute atomic E-state index is 5.74. The second-order valence-corrected chi connectivity index (χ2v) is 5.14. The molecule has 0 aliphatic carbocycles. The molecule has 19 heavy (non-hydrogen) atoms. The summed E-state index contributed by atoms with van der Waals surface area (Å²) >= 11 is 1.74. The van der Waals surface area contributed by atoms with Crippen LogP contribution in [0.5, 0.6) is 0 Å². The summed E-state index contributed by atoms with van der Waals surface area (Å²) in [6.45, 7) is 3.04. The third-order valence-corrected chi connectivity index (χ3v) is 4.06. The van der Waals surface area contributed by atoms with Crippen molar-refractivity contribution < 1.29 is 0 Å². The molecule has 0 bridgehead atoms. The summed E-state index contributed by atoms with van der Waals surface area (Å²) in [7, 11) is 0. The van der Waals surface area contributed by atoms with Crippen LogP contribution in [0.15, 0.2) is 41.6 Å². The lowest BCUT2D eigenvalue weighted by atomic mass is 10.0. The van der Waals surface area contributed by atoms with E-state index in [4.69, 9.17) is 5.84 Å². The zero-order valence-corrected chi connectivity index (χ0v) is 12.2. The summed E-state index contributed by atoms with van der Waals surface area (Å²) in [5.74, 6) is 6.80. The van der Waals surface area contributed by atoms with Gasteiger partial charge < -0.3 is 4.57 Å². The minimum absolute atomic E-state index is 0.0800. The number of benzene rings is 1. The fourth-order valence-corrected chi connectivity index (χ4v) is 2.87. The largest absolute Gasteiger partial charge is 0.335 e. The number of hydrogen-bond donors (Lipinski definition) is 2. The minimum atomic E-state index is 0.0800. The van der Waals surface area contributed by atoms with Crippen LogP contribution in [0.1, 0.15) is 24.4 Å². The van der Waals surface area contributed by atoms with Gasteiger partial charge in [-0.15, -0.1) is 11.8 Å². The van der Waals surface area contributed by atoms with Gasteiger partial charge in [0.25, 0.3) is 0 Å². The molecule has 2 aromatic rings. The molecule has 0 saturated heterocycles. The van der Waals surface area contributed by atoms with Crippen LogP contribution >= 0.6 is 11.8 Å². The first-order valence-electron chi connectivity index (χ1n) is 6.39. The lowest BCUT2D eigenvalue weighted by Gasteiger charge is -2.19. The number of rotatable bonds is 6. The van der Waals surface area contributed by atoms with Crippen molar-refractivity contribution in [2.45, 2.75) is 30.8 Å². The highest BCUT2D eigenvalue weighted by Crippen LogP contribution is 2.27. The lowest BCUT2D eigenvalue weighted by molar-refractivity contribution is 0.517. The highest BCUT2D eigenvalue weighted by molar-refractivity contribution is 7.98. The average molecular weight is 276 g/mol. The molecule has 1 atom stereocenters. The standard InChI is InChI=1S/C14H20N4S/c1-3-18-9-8-16-14(18)10-12(17-15)11-6-4-5-7-13(11)19-2/h4-9,12,17H,3,10,15H2,1-2H3. The molecule has 1 unspecified atom stereocenters.